The van der Waals surface area contributed by atoms with Gasteiger partial charge in [0.05, 0.1) is 5.92 Å². The van der Waals surface area contributed by atoms with Crippen molar-refractivity contribution >= 4 is 41.4 Å². The third-order valence-electron chi connectivity index (χ3n) is 11.0. The van der Waals surface area contributed by atoms with Crippen LogP contribution in [0.5, 0.6) is 0 Å². The second kappa shape index (κ2) is 21.9. The highest BCUT2D eigenvalue weighted by Crippen LogP contribution is 2.22. The van der Waals surface area contributed by atoms with Gasteiger partial charge in [0, 0.05) is 33.6 Å². The largest absolute Gasteiger partial charge is 0.452 e. The topological polar surface area (TPSA) is 175 Å². The minimum Gasteiger partial charge on any atom is -0.452 e. The van der Waals surface area contributed by atoms with E-state index < -0.39 is 107 Å². The summed E-state index contributed by atoms with van der Waals surface area (Å²) in [5, 5.41) is 8.76. The highest BCUT2D eigenvalue weighted by atomic mass is 16.5. The number of unbranched alkanes of at least 4 members (excludes halogenated alkanes) is 1. The number of likely N-dealkylation sites (N-methyl/N-ethyl adjacent to an activating group) is 3. The van der Waals surface area contributed by atoms with Crippen molar-refractivity contribution in [1.29, 1.82) is 0 Å². The predicted octanol–water partition coefficient (Wildman–Crippen LogP) is 3.56. The molecule has 1 aromatic carbocycles. The summed E-state index contributed by atoms with van der Waals surface area (Å²) in [6, 6.07) is 3.26. The van der Waals surface area contributed by atoms with E-state index in [4.69, 9.17) is 4.74 Å². The Morgan fingerprint density at radius 1 is 0.614 bits per heavy atom. The summed E-state index contributed by atoms with van der Waals surface area (Å²) in [4.78, 5) is 103. The first-order valence-electron chi connectivity index (χ1n) is 20.5. The average Bonchev–Trinajstić information content (AvgIpc) is 3.14. The molecule has 1 heterocycles. The van der Waals surface area contributed by atoms with Gasteiger partial charge in [-0.25, -0.2) is 0 Å². The van der Waals surface area contributed by atoms with Crippen LogP contribution in [0.25, 0.3) is 0 Å². The zero-order valence-corrected chi connectivity index (χ0v) is 36.8. The molecule has 14 nitrogen and oxygen atoms in total. The van der Waals surface area contributed by atoms with Crippen LogP contribution in [-0.4, -0.2) is 120 Å². The van der Waals surface area contributed by atoms with E-state index in [-0.39, 0.29) is 12.3 Å². The Kier molecular flexibility index (Phi) is 18.7. The molecule has 8 unspecified atom stereocenters. The van der Waals surface area contributed by atoms with Gasteiger partial charge in [-0.1, -0.05) is 105 Å². The smallest absolute Gasteiger partial charge is 0.311 e. The molecule has 0 aliphatic carbocycles. The van der Waals surface area contributed by atoms with E-state index in [0.717, 1.165) is 12.0 Å². The van der Waals surface area contributed by atoms with Crippen LogP contribution in [0, 0.1) is 29.6 Å². The Balaban J connectivity index is 2.80. The van der Waals surface area contributed by atoms with Crippen LogP contribution < -0.4 is 16.0 Å². The van der Waals surface area contributed by atoms with Crippen molar-refractivity contribution < 1.29 is 38.3 Å². The molecule has 3 N–H and O–H groups in total. The molecule has 0 saturated carbocycles. The zero-order chi connectivity index (χ0) is 43.5. The summed E-state index contributed by atoms with van der Waals surface area (Å²) in [6.45, 7) is 19.3. The fourth-order valence-electron chi connectivity index (χ4n) is 7.39. The molecule has 0 aromatic heterocycles. The Bertz CT molecular complexity index is 1550. The molecule has 1 fully saturated rings. The number of ether oxygens (including phenoxy) is 1. The molecule has 2 rings (SSSR count). The van der Waals surface area contributed by atoms with Gasteiger partial charge in [0.15, 0.2) is 6.10 Å². The maximum absolute atomic E-state index is 14.6. The average molecular weight is 799 g/mol. The van der Waals surface area contributed by atoms with Crippen molar-refractivity contribution in [3.63, 3.8) is 0 Å². The van der Waals surface area contributed by atoms with Gasteiger partial charge < -0.3 is 35.4 Å². The highest BCUT2D eigenvalue weighted by molar-refractivity contribution is 5.97. The fraction of sp³-hybridized carbons (Fsp3) is 0.698. The molecule has 14 heteroatoms. The van der Waals surface area contributed by atoms with Crippen molar-refractivity contribution in [3.8, 4) is 0 Å². The van der Waals surface area contributed by atoms with Gasteiger partial charge in [-0.15, -0.1) is 0 Å². The summed E-state index contributed by atoms with van der Waals surface area (Å²) >= 11 is 0. The third kappa shape index (κ3) is 12.8. The molecular weight excluding hydrogens is 729 g/mol. The molecule has 0 bridgehead atoms. The number of rotatable bonds is 9. The van der Waals surface area contributed by atoms with E-state index in [1.165, 1.54) is 42.8 Å². The number of benzene rings is 1. The van der Waals surface area contributed by atoms with Crippen LogP contribution in [0.4, 0.5) is 0 Å². The number of nitrogens with one attached hydrogen (secondary N) is 3. The van der Waals surface area contributed by atoms with Crippen LogP contribution >= 0.6 is 0 Å². The first-order chi connectivity index (χ1) is 26.6. The summed E-state index contributed by atoms with van der Waals surface area (Å²) in [7, 11) is 4.48. The third-order valence-corrected chi connectivity index (χ3v) is 11.0. The lowest BCUT2D eigenvalue weighted by atomic mass is 9.94. The lowest BCUT2D eigenvalue weighted by molar-refractivity contribution is -0.164. The molecule has 6 amide bonds. The van der Waals surface area contributed by atoms with Crippen molar-refractivity contribution in [2.24, 2.45) is 29.6 Å². The Morgan fingerprint density at radius 3 is 1.65 bits per heavy atom. The summed E-state index contributed by atoms with van der Waals surface area (Å²) in [5.74, 6) is -6.48. The monoisotopic (exact) mass is 799 g/mol. The number of cyclic esters (lactones) is 1. The predicted molar refractivity (Wildman–Crippen MR) is 219 cm³/mol. The quantitative estimate of drug-likeness (QED) is 0.318. The number of esters is 1. The van der Waals surface area contributed by atoms with Gasteiger partial charge in [0.1, 0.15) is 30.2 Å². The summed E-state index contributed by atoms with van der Waals surface area (Å²) in [5.41, 5.74) is 0.779. The SMILES string of the molecule is CCCCC1NC(=O)C(C(C)C)NC(=O)C(Cc2ccccc2)N(C)C(=O)C(C(C)C)N(C)C(=O)C(C(C)C)NC(=O)C(C(C)C)N(C)C(=O)C(C)OC(=O)C1C. The summed E-state index contributed by atoms with van der Waals surface area (Å²) in [6.07, 6.45) is 0.752. The van der Waals surface area contributed by atoms with Crippen LogP contribution in [0.15, 0.2) is 30.3 Å². The molecule has 1 aromatic rings. The van der Waals surface area contributed by atoms with Crippen LogP contribution in [0.2, 0.25) is 0 Å². The first-order valence-corrected chi connectivity index (χ1v) is 20.5. The Labute approximate surface area is 340 Å². The van der Waals surface area contributed by atoms with Gasteiger partial charge in [-0.3, -0.25) is 33.6 Å². The van der Waals surface area contributed by atoms with Crippen molar-refractivity contribution in [1.82, 2.24) is 30.7 Å². The van der Waals surface area contributed by atoms with Gasteiger partial charge in [-0.2, -0.15) is 0 Å². The normalized spacial score (nSPS) is 27.3. The van der Waals surface area contributed by atoms with E-state index >= 15 is 0 Å². The van der Waals surface area contributed by atoms with Gasteiger partial charge in [0.25, 0.3) is 5.91 Å². The molecular formula is C43H70N6O8. The lowest BCUT2D eigenvalue weighted by Crippen LogP contribution is -2.62. The molecule has 0 radical (unpaired) electrons. The minimum absolute atomic E-state index is 0.123. The molecule has 8 atom stereocenters. The number of nitrogens with zero attached hydrogens (tertiary/aromatic N) is 3. The number of carbonyl (C=O) groups is 7. The molecule has 1 aliphatic rings. The molecule has 1 saturated heterocycles. The van der Waals surface area contributed by atoms with Crippen molar-refractivity contribution in [2.45, 2.75) is 144 Å². The maximum Gasteiger partial charge on any atom is 0.311 e. The van der Waals surface area contributed by atoms with E-state index in [9.17, 15) is 33.6 Å². The second-order valence-corrected chi connectivity index (χ2v) is 17.0. The number of hydrogen-bond acceptors (Lipinski definition) is 8. The fourth-order valence-corrected chi connectivity index (χ4v) is 7.39. The second-order valence-electron chi connectivity index (χ2n) is 17.0. The number of hydrogen-bond donors (Lipinski definition) is 3. The minimum atomic E-state index is -1.27. The van der Waals surface area contributed by atoms with E-state index in [0.29, 0.717) is 12.8 Å². The first kappa shape index (κ1) is 48.7. The van der Waals surface area contributed by atoms with Crippen molar-refractivity contribution in [2.75, 3.05) is 21.1 Å². The number of amides is 6. The lowest BCUT2D eigenvalue weighted by Gasteiger charge is -2.39. The van der Waals surface area contributed by atoms with E-state index in [1.807, 2.05) is 37.3 Å². The van der Waals surface area contributed by atoms with Crippen LogP contribution in [0.1, 0.15) is 101 Å². The van der Waals surface area contributed by atoms with Crippen molar-refractivity contribution in [3.05, 3.63) is 35.9 Å². The summed E-state index contributed by atoms with van der Waals surface area (Å²) < 4.78 is 5.69. The van der Waals surface area contributed by atoms with Gasteiger partial charge >= 0.3 is 5.97 Å². The standard InChI is InChI=1S/C43H70N6O8/c1-15-16-22-31-28(10)43(56)57-29(11)40(53)48(13)35(26(6)7)39(52)46-34(25(4)5)41(54)49(14)36(27(8)9)42(55)47(12)32(23-30-20-18-17-19-21-30)37(50)45-33(24(2)3)38(51)44-31/h17-21,24-29,31-36H,15-16,22-23H2,1-14H3,(H,44,51)(H,45,50)(H,46,52). The Morgan fingerprint density at radius 2 is 1.14 bits per heavy atom. The van der Waals surface area contributed by atoms with Gasteiger partial charge in [-0.05, 0) is 49.5 Å². The van der Waals surface area contributed by atoms with Crippen LogP contribution in [0.3, 0.4) is 0 Å². The highest BCUT2D eigenvalue weighted by Gasteiger charge is 2.42. The molecule has 1 aliphatic heterocycles. The Hall–Kier alpha value is -4.49. The van der Waals surface area contributed by atoms with Crippen LogP contribution in [-0.2, 0) is 44.7 Å². The van der Waals surface area contributed by atoms with Gasteiger partial charge in [0.2, 0.25) is 29.5 Å². The molecule has 57 heavy (non-hydrogen) atoms. The van der Waals surface area contributed by atoms with E-state index in [2.05, 4.69) is 16.0 Å². The number of carbonyl (C=O) groups excluding carboxylic acids is 7. The zero-order valence-electron chi connectivity index (χ0n) is 36.8. The molecule has 320 valence electrons. The maximum atomic E-state index is 14.6. The molecule has 0 spiro atoms. The van der Waals surface area contributed by atoms with E-state index in [1.54, 1.807) is 62.3 Å².